The number of amides is 2. The normalized spacial score (nSPS) is 10.4. The third kappa shape index (κ3) is 3.43. The van der Waals surface area contributed by atoms with Gasteiger partial charge in [0.15, 0.2) is 0 Å². The van der Waals surface area contributed by atoms with Crippen molar-refractivity contribution < 1.29 is 14.3 Å². The smallest absolute Gasteiger partial charge is 0.381 e. The van der Waals surface area contributed by atoms with Crippen LogP contribution in [0, 0.1) is 27.7 Å². The molecule has 0 bridgehead atoms. The summed E-state index contributed by atoms with van der Waals surface area (Å²) < 4.78 is 4.71. The van der Waals surface area contributed by atoms with Gasteiger partial charge < -0.3 is 15.8 Å². The van der Waals surface area contributed by atoms with E-state index in [0.29, 0.717) is 10.6 Å². The first kappa shape index (κ1) is 16.0. The third-order valence-electron chi connectivity index (χ3n) is 3.09. The summed E-state index contributed by atoms with van der Waals surface area (Å²) in [6.45, 7) is 7.56. The lowest BCUT2D eigenvalue weighted by molar-refractivity contribution is 0.102. The number of carbonyl (C=O) groups excluding carboxylic acids is 2. The number of nitrogens with zero attached hydrogens (tertiary/aromatic N) is 1. The molecule has 0 aliphatic carbocycles. The Morgan fingerprint density at radius 2 is 1.77 bits per heavy atom. The molecule has 0 spiro atoms. The summed E-state index contributed by atoms with van der Waals surface area (Å²) in [6, 6.07) is 4.01. The van der Waals surface area contributed by atoms with Crippen molar-refractivity contribution in [1.82, 2.24) is 4.98 Å². The average molecular weight is 319 g/mol. The Hall–Kier alpha value is -2.41. The van der Waals surface area contributed by atoms with Crippen LogP contribution in [-0.4, -0.2) is 17.0 Å². The van der Waals surface area contributed by atoms with Crippen LogP contribution in [0.3, 0.4) is 0 Å². The molecule has 0 atom stereocenters. The van der Waals surface area contributed by atoms with Crippen LogP contribution in [0.25, 0.3) is 0 Å². The monoisotopic (exact) mass is 319 g/mol. The number of nitrogens with two attached hydrogens (primary N) is 1. The van der Waals surface area contributed by atoms with Gasteiger partial charge in [0.05, 0.1) is 5.69 Å². The first-order chi connectivity index (χ1) is 10.3. The van der Waals surface area contributed by atoms with Gasteiger partial charge in [0, 0.05) is 5.69 Å². The van der Waals surface area contributed by atoms with Crippen molar-refractivity contribution in [1.29, 1.82) is 0 Å². The molecule has 1 aromatic carbocycles. The van der Waals surface area contributed by atoms with Crippen molar-refractivity contribution in [2.24, 2.45) is 5.73 Å². The highest BCUT2D eigenvalue weighted by Crippen LogP contribution is 2.27. The number of aryl methyl sites for hydroxylation is 4. The van der Waals surface area contributed by atoms with Gasteiger partial charge in [-0.25, -0.2) is 9.78 Å². The SMILES string of the molecule is Cc1cc(C)c(NC(=O)c2sc(OC(N)=O)nc2C)c(C)c1. The highest BCUT2D eigenvalue weighted by atomic mass is 32.1. The number of anilines is 1. The lowest BCUT2D eigenvalue weighted by Gasteiger charge is -2.12. The number of aromatic nitrogens is 1. The van der Waals surface area contributed by atoms with E-state index in [-0.39, 0.29) is 11.1 Å². The molecular formula is C15H17N3O3S. The van der Waals surface area contributed by atoms with E-state index in [1.807, 2.05) is 32.9 Å². The molecular weight excluding hydrogens is 302 g/mol. The number of carbonyl (C=O) groups is 2. The number of ether oxygens (including phenoxy) is 1. The van der Waals surface area contributed by atoms with Gasteiger partial charge in [-0.2, -0.15) is 0 Å². The summed E-state index contributed by atoms with van der Waals surface area (Å²) >= 11 is 0.984. The Bertz CT molecular complexity index is 729. The molecule has 0 radical (unpaired) electrons. The van der Waals surface area contributed by atoms with Gasteiger partial charge in [-0.05, 0) is 38.8 Å². The van der Waals surface area contributed by atoms with Crippen molar-refractivity contribution in [3.8, 4) is 5.19 Å². The van der Waals surface area contributed by atoms with Crippen LogP contribution in [0.5, 0.6) is 5.19 Å². The average Bonchev–Trinajstić information content (AvgIpc) is 2.73. The Balaban J connectivity index is 2.26. The first-order valence-corrected chi connectivity index (χ1v) is 7.43. The maximum atomic E-state index is 12.4. The summed E-state index contributed by atoms with van der Waals surface area (Å²) in [5.41, 5.74) is 9.32. The molecule has 0 saturated heterocycles. The van der Waals surface area contributed by atoms with Crippen LogP contribution in [0.15, 0.2) is 12.1 Å². The van der Waals surface area contributed by atoms with Crippen LogP contribution in [-0.2, 0) is 0 Å². The molecule has 3 N–H and O–H groups in total. The van der Waals surface area contributed by atoms with Crippen molar-refractivity contribution in [2.75, 3.05) is 5.32 Å². The van der Waals surface area contributed by atoms with Gasteiger partial charge in [0.2, 0.25) is 0 Å². The predicted octanol–water partition coefficient (Wildman–Crippen LogP) is 3.09. The van der Waals surface area contributed by atoms with Gasteiger partial charge in [0.25, 0.3) is 11.1 Å². The number of primary amides is 1. The van der Waals surface area contributed by atoms with Crippen molar-refractivity contribution in [3.05, 3.63) is 39.4 Å². The minimum Gasteiger partial charge on any atom is -0.381 e. The number of rotatable bonds is 3. The zero-order valence-electron chi connectivity index (χ0n) is 12.8. The number of hydrogen-bond acceptors (Lipinski definition) is 5. The molecule has 7 heteroatoms. The maximum Gasteiger partial charge on any atom is 0.411 e. The second kappa shape index (κ2) is 6.15. The zero-order chi connectivity index (χ0) is 16.4. The summed E-state index contributed by atoms with van der Waals surface area (Å²) in [5, 5.41) is 2.95. The van der Waals surface area contributed by atoms with Crippen LogP contribution in [0.1, 0.15) is 32.1 Å². The second-order valence-corrected chi connectivity index (χ2v) is 6.00. The Labute approximate surface area is 132 Å². The van der Waals surface area contributed by atoms with Crippen molar-refractivity contribution >= 4 is 29.0 Å². The fourth-order valence-electron chi connectivity index (χ4n) is 2.26. The van der Waals surface area contributed by atoms with Crippen molar-refractivity contribution in [3.63, 3.8) is 0 Å². The standard InChI is InChI=1S/C15H17N3O3S/c1-7-5-8(2)11(9(3)6-7)18-13(19)12-10(4)17-15(22-12)21-14(16)20/h5-6H,1-4H3,(H2,16,20)(H,18,19). The van der Waals surface area contributed by atoms with E-state index in [9.17, 15) is 9.59 Å². The summed E-state index contributed by atoms with van der Waals surface area (Å²) in [5.74, 6) is -0.288. The molecule has 0 aliphatic heterocycles. The second-order valence-electron chi connectivity index (χ2n) is 5.04. The third-order valence-corrected chi connectivity index (χ3v) is 4.12. The summed E-state index contributed by atoms with van der Waals surface area (Å²) in [6.07, 6.45) is -0.953. The molecule has 2 aromatic rings. The van der Waals surface area contributed by atoms with E-state index in [0.717, 1.165) is 33.7 Å². The lowest BCUT2D eigenvalue weighted by atomic mass is 10.1. The van der Waals surface area contributed by atoms with Crippen LogP contribution >= 0.6 is 11.3 Å². The van der Waals surface area contributed by atoms with Crippen LogP contribution < -0.4 is 15.8 Å². The number of benzene rings is 1. The number of thiazole rings is 1. The molecule has 2 rings (SSSR count). The Morgan fingerprint density at radius 1 is 1.18 bits per heavy atom. The van der Waals surface area contributed by atoms with Crippen LogP contribution in [0.4, 0.5) is 10.5 Å². The van der Waals surface area contributed by atoms with Gasteiger partial charge >= 0.3 is 6.09 Å². The van der Waals surface area contributed by atoms with E-state index in [2.05, 4.69) is 10.3 Å². The van der Waals surface area contributed by atoms with Gasteiger partial charge in [-0.1, -0.05) is 29.0 Å². The topological polar surface area (TPSA) is 94.3 Å². The molecule has 0 fully saturated rings. The fraction of sp³-hybridized carbons (Fsp3) is 0.267. The van der Waals surface area contributed by atoms with Crippen molar-refractivity contribution in [2.45, 2.75) is 27.7 Å². The largest absolute Gasteiger partial charge is 0.411 e. The molecule has 6 nitrogen and oxygen atoms in total. The summed E-state index contributed by atoms with van der Waals surface area (Å²) in [4.78, 5) is 27.5. The van der Waals surface area contributed by atoms with Gasteiger partial charge in [0.1, 0.15) is 4.88 Å². The van der Waals surface area contributed by atoms with Crippen LogP contribution in [0.2, 0.25) is 0 Å². The van der Waals surface area contributed by atoms with E-state index < -0.39 is 6.09 Å². The van der Waals surface area contributed by atoms with Gasteiger partial charge in [-0.3, -0.25) is 4.79 Å². The molecule has 22 heavy (non-hydrogen) atoms. The minimum atomic E-state index is -0.953. The summed E-state index contributed by atoms with van der Waals surface area (Å²) in [7, 11) is 0. The first-order valence-electron chi connectivity index (χ1n) is 6.62. The Kier molecular flexibility index (Phi) is 4.46. The van der Waals surface area contributed by atoms with E-state index in [1.165, 1.54) is 0 Å². The quantitative estimate of drug-likeness (QED) is 0.909. The molecule has 1 heterocycles. The molecule has 1 aromatic heterocycles. The van der Waals surface area contributed by atoms with Gasteiger partial charge in [-0.15, -0.1) is 0 Å². The molecule has 0 unspecified atom stereocenters. The number of nitrogens with one attached hydrogen (secondary N) is 1. The van der Waals surface area contributed by atoms with E-state index in [4.69, 9.17) is 10.5 Å². The minimum absolute atomic E-state index is 0.0625. The predicted molar refractivity (Wildman–Crippen MR) is 85.7 cm³/mol. The molecule has 0 aliphatic rings. The van der Waals surface area contributed by atoms with E-state index >= 15 is 0 Å². The molecule has 116 valence electrons. The van der Waals surface area contributed by atoms with E-state index in [1.54, 1.807) is 6.92 Å². The molecule has 2 amide bonds. The maximum absolute atomic E-state index is 12.4. The fourth-order valence-corrected chi connectivity index (χ4v) is 3.08. The molecule has 0 saturated carbocycles. The lowest BCUT2D eigenvalue weighted by Crippen LogP contribution is -2.16. The highest BCUT2D eigenvalue weighted by molar-refractivity contribution is 7.15. The zero-order valence-corrected chi connectivity index (χ0v) is 13.6. The Morgan fingerprint density at radius 3 is 2.32 bits per heavy atom. The number of hydrogen-bond donors (Lipinski definition) is 2. The highest BCUT2D eigenvalue weighted by Gasteiger charge is 2.18.